The zero-order chi connectivity index (χ0) is 15.5. The molecule has 6 nitrogen and oxygen atoms in total. The highest BCUT2D eigenvalue weighted by Gasteiger charge is 2.22. The van der Waals surface area contributed by atoms with Gasteiger partial charge in [-0.3, -0.25) is 0 Å². The molecule has 0 aliphatic heterocycles. The number of halogens is 1. The number of carboxylic acids is 1. The van der Waals surface area contributed by atoms with Crippen LogP contribution in [0.1, 0.15) is 24.2 Å². The summed E-state index contributed by atoms with van der Waals surface area (Å²) in [7, 11) is 1.41. The van der Waals surface area contributed by atoms with Gasteiger partial charge in [0.05, 0.1) is 23.4 Å². The number of nitrogens with one attached hydrogen (secondary N) is 1. The lowest BCUT2D eigenvalue weighted by Crippen LogP contribution is -2.42. The number of anilines is 1. The lowest BCUT2D eigenvalue weighted by Gasteiger charge is -2.26. The fourth-order valence-electron chi connectivity index (χ4n) is 1.68. The van der Waals surface area contributed by atoms with Crippen LogP contribution >= 0.6 is 0 Å². The number of benzene rings is 1. The van der Waals surface area contributed by atoms with E-state index in [9.17, 15) is 19.1 Å². The van der Waals surface area contributed by atoms with Crippen molar-refractivity contribution >= 4 is 17.7 Å². The SMILES string of the molecule is CN(CC(C)(C)O)C(=O)Nc1c(F)cccc1C(=O)O. The summed E-state index contributed by atoms with van der Waals surface area (Å²) in [4.78, 5) is 24.0. The van der Waals surface area contributed by atoms with Crippen LogP contribution in [-0.4, -0.2) is 46.3 Å². The number of carbonyl (C=O) groups is 2. The standard InChI is InChI=1S/C13H17FN2O4/c1-13(2,20)7-16(3)12(19)15-10-8(11(17)18)5-4-6-9(10)14/h4-6,20H,7H2,1-3H3,(H,15,19)(H,17,18). The minimum Gasteiger partial charge on any atom is -0.478 e. The van der Waals surface area contributed by atoms with Crippen LogP contribution in [0.25, 0.3) is 0 Å². The van der Waals surface area contributed by atoms with Gasteiger partial charge in [0, 0.05) is 7.05 Å². The van der Waals surface area contributed by atoms with Gasteiger partial charge < -0.3 is 20.4 Å². The molecular weight excluding hydrogens is 267 g/mol. The molecule has 2 amide bonds. The Labute approximate surface area is 115 Å². The highest BCUT2D eigenvalue weighted by atomic mass is 19.1. The average molecular weight is 284 g/mol. The molecular formula is C13H17FN2O4. The Morgan fingerprint density at radius 3 is 2.50 bits per heavy atom. The fraction of sp³-hybridized carbons (Fsp3) is 0.385. The minimum absolute atomic E-state index is 0.00961. The van der Waals surface area contributed by atoms with Gasteiger partial charge in [-0.25, -0.2) is 14.0 Å². The lowest BCUT2D eigenvalue weighted by atomic mass is 10.1. The zero-order valence-electron chi connectivity index (χ0n) is 11.5. The molecule has 0 heterocycles. The maximum atomic E-state index is 13.6. The van der Waals surface area contributed by atoms with E-state index in [4.69, 9.17) is 5.11 Å². The largest absolute Gasteiger partial charge is 0.478 e. The van der Waals surface area contributed by atoms with Crippen molar-refractivity contribution in [1.29, 1.82) is 0 Å². The first kappa shape index (κ1) is 15.9. The Bertz CT molecular complexity index is 526. The van der Waals surface area contributed by atoms with Crippen LogP contribution in [0.5, 0.6) is 0 Å². The van der Waals surface area contributed by atoms with Gasteiger partial charge in [0.15, 0.2) is 0 Å². The first-order valence-corrected chi connectivity index (χ1v) is 5.88. The molecule has 1 aromatic rings. The number of nitrogens with zero attached hydrogens (tertiary/aromatic N) is 1. The molecule has 1 aromatic carbocycles. The smallest absolute Gasteiger partial charge is 0.337 e. The summed E-state index contributed by atoms with van der Waals surface area (Å²) in [6.45, 7) is 3.04. The first-order chi connectivity index (χ1) is 9.11. The van der Waals surface area contributed by atoms with Gasteiger partial charge in [0.1, 0.15) is 5.82 Å². The Hall–Kier alpha value is -2.15. The molecule has 7 heteroatoms. The quantitative estimate of drug-likeness (QED) is 0.786. The van der Waals surface area contributed by atoms with Crippen molar-refractivity contribution in [3.63, 3.8) is 0 Å². The van der Waals surface area contributed by atoms with Crippen LogP contribution in [0.3, 0.4) is 0 Å². The molecule has 0 aliphatic rings. The van der Waals surface area contributed by atoms with Gasteiger partial charge in [0.2, 0.25) is 0 Å². The second kappa shape index (κ2) is 5.87. The molecule has 20 heavy (non-hydrogen) atoms. The number of carbonyl (C=O) groups excluding carboxylic acids is 1. The first-order valence-electron chi connectivity index (χ1n) is 5.88. The van der Waals surface area contributed by atoms with Gasteiger partial charge >= 0.3 is 12.0 Å². The topological polar surface area (TPSA) is 89.9 Å². The van der Waals surface area contributed by atoms with E-state index in [-0.39, 0.29) is 12.1 Å². The van der Waals surface area contributed by atoms with Gasteiger partial charge in [-0.05, 0) is 26.0 Å². The summed E-state index contributed by atoms with van der Waals surface area (Å²) in [6.07, 6.45) is 0. The van der Waals surface area contributed by atoms with E-state index in [1.807, 2.05) is 0 Å². The molecule has 0 spiro atoms. The number of rotatable bonds is 4. The molecule has 0 aromatic heterocycles. The molecule has 0 bridgehead atoms. The normalized spacial score (nSPS) is 11.1. The van der Waals surface area contributed by atoms with Crippen LogP contribution in [0.15, 0.2) is 18.2 Å². The highest BCUT2D eigenvalue weighted by Crippen LogP contribution is 2.20. The Balaban J connectivity index is 2.94. The van der Waals surface area contributed by atoms with Crippen molar-refractivity contribution in [1.82, 2.24) is 4.90 Å². The van der Waals surface area contributed by atoms with Crippen LogP contribution in [0, 0.1) is 5.82 Å². The van der Waals surface area contributed by atoms with E-state index in [1.54, 1.807) is 0 Å². The second-order valence-corrected chi connectivity index (χ2v) is 5.07. The average Bonchev–Trinajstić information content (AvgIpc) is 2.28. The zero-order valence-corrected chi connectivity index (χ0v) is 11.5. The molecule has 0 saturated heterocycles. The third kappa shape index (κ3) is 4.20. The van der Waals surface area contributed by atoms with E-state index in [2.05, 4.69) is 5.32 Å². The Kier molecular flexibility index (Phi) is 4.67. The lowest BCUT2D eigenvalue weighted by molar-refractivity contribution is 0.0550. The number of aliphatic hydroxyl groups is 1. The molecule has 0 saturated carbocycles. The van der Waals surface area contributed by atoms with Crippen molar-refractivity contribution in [2.45, 2.75) is 19.4 Å². The van der Waals surface area contributed by atoms with E-state index in [1.165, 1.54) is 33.0 Å². The van der Waals surface area contributed by atoms with Crippen LogP contribution in [0.2, 0.25) is 0 Å². The molecule has 0 aliphatic carbocycles. The van der Waals surface area contributed by atoms with Gasteiger partial charge in [-0.15, -0.1) is 0 Å². The number of hydrogen-bond acceptors (Lipinski definition) is 3. The number of urea groups is 1. The Morgan fingerprint density at radius 2 is 2.00 bits per heavy atom. The maximum Gasteiger partial charge on any atom is 0.337 e. The van der Waals surface area contributed by atoms with Crippen molar-refractivity contribution in [2.24, 2.45) is 0 Å². The molecule has 3 N–H and O–H groups in total. The summed E-state index contributed by atoms with van der Waals surface area (Å²) in [6, 6.07) is 2.78. The van der Waals surface area contributed by atoms with Crippen LogP contribution in [-0.2, 0) is 0 Å². The van der Waals surface area contributed by atoms with E-state index >= 15 is 0 Å². The third-order valence-electron chi connectivity index (χ3n) is 2.45. The van der Waals surface area contributed by atoms with E-state index in [0.717, 1.165) is 11.0 Å². The maximum absolute atomic E-state index is 13.6. The van der Waals surface area contributed by atoms with Crippen molar-refractivity contribution < 1.29 is 24.2 Å². The van der Waals surface area contributed by atoms with Crippen molar-refractivity contribution in [3.8, 4) is 0 Å². The van der Waals surface area contributed by atoms with E-state index in [0.29, 0.717) is 0 Å². The van der Waals surface area contributed by atoms with Gasteiger partial charge in [-0.1, -0.05) is 6.07 Å². The molecule has 0 atom stereocenters. The van der Waals surface area contributed by atoms with Crippen LogP contribution in [0.4, 0.5) is 14.9 Å². The second-order valence-electron chi connectivity index (χ2n) is 5.07. The molecule has 110 valence electrons. The predicted octanol–water partition coefficient (Wildman–Crippen LogP) is 1.76. The fourth-order valence-corrected chi connectivity index (χ4v) is 1.68. The third-order valence-corrected chi connectivity index (χ3v) is 2.45. The summed E-state index contributed by atoms with van der Waals surface area (Å²) >= 11 is 0. The number of hydrogen-bond donors (Lipinski definition) is 3. The van der Waals surface area contributed by atoms with Crippen LogP contribution < -0.4 is 5.32 Å². The Morgan fingerprint density at radius 1 is 1.40 bits per heavy atom. The molecule has 0 fully saturated rings. The summed E-state index contributed by atoms with van der Waals surface area (Å²) in [5, 5.41) is 20.8. The molecule has 1 rings (SSSR count). The summed E-state index contributed by atoms with van der Waals surface area (Å²) in [5.74, 6) is -2.18. The highest BCUT2D eigenvalue weighted by molar-refractivity contribution is 6.00. The number of para-hydroxylation sites is 1. The summed E-state index contributed by atoms with van der Waals surface area (Å²) < 4.78 is 13.6. The van der Waals surface area contributed by atoms with Crippen molar-refractivity contribution in [2.75, 3.05) is 18.9 Å². The summed E-state index contributed by atoms with van der Waals surface area (Å²) in [5.41, 5.74) is -1.85. The van der Waals surface area contributed by atoms with E-state index < -0.39 is 29.1 Å². The van der Waals surface area contributed by atoms with Gasteiger partial charge in [0.25, 0.3) is 0 Å². The van der Waals surface area contributed by atoms with Gasteiger partial charge in [-0.2, -0.15) is 0 Å². The number of amides is 2. The monoisotopic (exact) mass is 284 g/mol. The van der Waals surface area contributed by atoms with Crippen molar-refractivity contribution in [3.05, 3.63) is 29.6 Å². The number of aromatic carboxylic acids is 1. The minimum atomic E-state index is -1.34. The number of carboxylic acid groups (broad SMARTS) is 1. The number of likely N-dealkylation sites (N-methyl/N-ethyl adjacent to an activating group) is 1. The molecule has 0 unspecified atom stereocenters. The predicted molar refractivity (Wildman–Crippen MR) is 71.3 cm³/mol. The molecule has 0 radical (unpaired) electrons.